The number of carbonyl (C=O) groups is 1. The van der Waals surface area contributed by atoms with E-state index < -0.39 is 5.97 Å². The maximum Gasteiger partial charge on any atom is 0.344 e. The minimum atomic E-state index is -0.656. The van der Waals surface area contributed by atoms with Crippen LogP contribution in [0.25, 0.3) is 6.08 Å². The highest BCUT2D eigenvalue weighted by atomic mass is 32.2. The fourth-order valence-corrected chi connectivity index (χ4v) is 4.32. The minimum absolute atomic E-state index is 0.00374. The van der Waals surface area contributed by atoms with Crippen molar-refractivity contribution in [3.05, 3.63) is 76.4 Å². The van der Waals surface area contributed by atoms with Crippen LogP contribution in [-0.4, -0.2) is 41.5 Å². The molecule has 7 nitrogen and oxygen atoms in total. The number of aliphatic hydroxyl groups is 1. The summed E-state index contributed by atoms with van der Waals surface area (Å²) < 4.78 is 15.9. The van der Waals surface area contributed by atoms with Gasteiger partial charge in [-0.05, 0) is 68.3 Å². The van der Waals surface area contributed by atoms with E-state index >= 15 is 0 Å². The van der Waals surface area contributed by atoms with Gasteiger partial charge in [-0.15, -0.1) is 6.58 Å². The molecule has 0 bridgehead atoms. The van der Waals surface area contributed by atoms with E-state index in [9.17, 15) is 15.0 Å². The molecule has 34 heavy (non-hydrogen) atoms. The van der Waals surface area contributed by atoms with Crippen molar-refractivity contribution >= 4 is 34.5 Å². The van der Waals surface area contributed by atoms with E-state index in [2.05, 4.69) is 11.6 Å². The second-order valence-corrected chi connectivity index (χ2v) is 8.15. The number of ether oxygens (including phenoxy) is 3. The van der Waals surface area contributed by atoms with Gasteiger partial charge < -0.3 is 24.4 Å². The van der Waals surface area contributed by atoms with Gasteiger partial charge in [0.2, 0.25) is 0 Å². The Labute approximate surface area is 203 Å². The normalized spacial score (nSPS) is 15.6. The lowest BCUT2D eigenvalue weighted by atomic mass is 10.0. The van der Waals surface area contributed by atoms with E-state index in [1.165, 1.54) is 7.11 Å². The van der Waals surface area contributed by atoms with Gasteiger partial charge in [0, 0.05) is 5.56 Å². The summed E-state index contributed by atoms with van der Waals surface area (Å²) in [6, 6.07) is 10.5. The van der Waals surface area contributed by atoms with Crippen molar-refractivity contribution in [2.75, 3.05) is 20.3 Å². The number of hydrogen-bond donors (Lipinski definition) is 2. The van der Waals surface area contributed by atoms with Crippen LogP contribution in [0.1, 0.15) is 25.0 Å². The third kappa shape index (κ3) is 5.63. The zero-order chi connectivity index (χ0) is 24.7. The molecule has 2 aromatic rings. The van der Waals surface area contributed by atoms with E-state index in [1.54, 1.807) is 55.5 Å². The van der Waals surface area contributed by atoms with Gasteiger partial charge in [-0.25, -0.2) is 9.79 Å². The van der Waals surface area contributed by atoms with Crippen molar-refractivity contribution in [2.24, 2.45) is 4.99 Å². The van der Waals surface area contributed by atoms with E-state index in [1.807, 2.05) is 6.92 Å². The number of aliphatic imine (C=N–C) groups is 1. The second kappa shape index (κ2) is 11.5. The molecule has 0 radical (unpaired) electrons. The summed E-state index contributed by atoms with van der Waals surface area (Å²) in [7, 11) is 1.46. The minimum Gasteiger partial charge on any atom is -0.506 e. The molecule has 0 saturated heterocycles. The number of methoxy groups -OCH3 is 1. The predicted molar refractivity (Wildman–Crippen MR) is 135 cm³/mol. The molecule has 2 aromatic carbocycles. The fraction of sp³-hybridized carbons (Fsp3) is 0.231. The first-order valence-corrected chi connectivity index (χ1v) is 11.6. The number of nitrogens with zero attached hydrogens (tertiary/aromatic N) is 1. The van der Waals surface area contributed by atoms with Crippen molar-refractivity contribution in [1.29, 1.82) is 0 Å². The van der Waals surface area contributed by atoms with Gasteiger partial charge in [-0.3, -0.25) is 0 Å². The standard InChI is InChI=1S/C26H27NO6S/c1-5-8-17-13-16(14-20(31-4)23(17)28)15-21-24(29)22(26(30)33-7-3)25(34-21)27-18-9-11-19(12-10-18)32-6-2/h5,9-15,28-29H,1,6-8H2,2-4H3/b21-15-,27-25?. The summed E-state index contributed by atoms with van der Waals surface area (Å²) in [6.45, 7) is 8.03. The third-order valence-corrected chi connectivity index (χ3v) is 5.83. The number of benzene rings is 2. The first-order valence-electron chi connectivity index (χ1n) is 10.7. The molecule has 2 N–H and O–H groups in total. The highest BCUT2D eigenvalue weighted by Gasteiger charge is 2.33. The summed E-state index contributed by atoms with van der Waals surface area (Å²) in [6.07, 6.45) is 3.81. The van der Waals surface area contributed by atoms with Crippen LogP contribution in [0.15, 0.2) is 70.3 Å². The molecule has 178 valence electrons. The zero-order valence-corrected chi connectivity index (χ0v) is 20.1. The molecule has 1 heterocycles. The summed E-state index contributed by atoms with van der Waals surface area (Å²) >= 11 is 1.15. The van der Waals surface area contributed by atoms with Crippen LogP contribution in [0.3, 0.4) is 0 Å². The molecule has 0 amide bonds. The average molecular weight is 482 g/mol. The number of hydrogen-bond acceptors (Lipinski definition) is 8. The van der Waals surface area contributed by atoms with Crippen molar-refractivity contribution in [3.8, 4) is 17.2 Å². The Morgan fingerprint density at radius 3 is 2.50 bits per heavy atom. The lowest BCUT2D eigenvalue weighted by Crippen LogP contribution is -2.12. The van der Waals surface area contributed by atoms with Gasteiger partial charge in [-0.2, -0.15) is 0 Å². The van der Waals surface area contributed by atoms with Gasteiger partial charge in [-0.1, -0.05) is 17.8 Å². The Hall–Kier alpha value is -3.65. The molecular formula is C26H27NO6S. The Morgan fingerprint density at radius 1 is 1.15 bits per heavy atom. The first kappa shape index (κ1) is 25.0. The molecule has 0 aliphatic carbocycles. The first-order chi connectivity index (χ1) is 16.4. The Bertz CT molecular complexity index is 1160. The molecule has 0 fully saturated rings. The number of aliphatic hydroxyl groups excluding tert-OH is 1. The average Bonchev–Trinajstić information content (AvgIpc) is 3.12. The monoisotopic (exact) mass is 481 g/mol. The van der Waals surface area contributed by atoms with Gasteiger partial charge in [0.05, 0.1) is 30.9 Å². The highest BCUT2D eigenvalue weighted by molar-refractivity contribution is 8.18. The summed E-state index contributed by atoms with van der Waals surface area (Å²) in [5, 5.41) is 21.6. The van der Waals surface area contributed by atoms with Crippen LogP contribution in [0.4, 0.5) is 5.69 Å². The number of esters is 1. The van der Waals surface area contributed by atoms with Crippen molar-refractivity contribution < 1.29 is 29.2 Å². The molecule has 0 unspecified atom stereocenters. The van der Waals surface area contributed by atoms with E-state index in [-0.39, 0.29) is 23.7 Å². The number of thioether (sulfide) groups is 1. The van der Waals surface area contributed by atoms with E-state index in [4.69, 9.17) is 14.2 Å². The smallest absolute Gasteiger partial charge is 0.344 e. The molecule has 1 aliphatic heterocycles. The lowest BCUT2D eigenvalue weighted by molar-refractivity contribution is -0.138. The van der Waals surface area contributed by atoms with E-state index in [0.717, 1.165) is 11.8 Å². The summed E-state index contributed by atoms with van der Waals surface area (Å²) in [5.74, 6) is 0.174. The van der Waals surface area contributed by atoms with Crippen molar-refractivity contribution in [2.45, 2.75) is 20.3 Å². The molecular weight excluding hydrogens is 454 g/mol. The molecule has 0 spiro atoms. The van der Waals surface area contributed by atoms with E-state index in [0.29, 0.717) is 51.3 Å². The molecule has 0 aromatic heterocycles. The number of rotatable bonds is 9. The second-order valence-electron chi connectivity index (χ2n) is 7.12. The number of allylic oxidation sites excluding steroid dienone is 1. The van der Waals surface area contributed by atoms with Gasteiger partial charge in [0.1, 0.15) is 22.1 Å². The Balaban J connectivity index is 2.04. The lowest BCUT2D eigenvalue weighted by Gasteiger charge is -2.10. The molecule has 1 aliphatic rings. The SMILES string of the molecule is C=CCc1cc(/C=C2\SC(=Nc3ccc(OCC)cc3)C(C(=O)OCC)=C2O)cc(OC)c1O. The van der Waals surface area contributed by atoms with Gasteiger partial charge in [0.15, 0.2) is 11.5 Å². The zero-order valence-electron chi connectivity index (χ0n) is 19.3. The molecule has 0 saturated carbocycles. The largest absolute Gasteiger partial charge is 0.506 e. The Morgan fingerprint density at radius 2 is 1.88 bits per heavy atom. The topological polar surface area (TPSA) is 97.6 Å². The van der Waals surface area contributed by atoms with Crippen LogP contribution in [0.2, 0.25) is 0 Å². The quantitative estimate of drug-likeness (QED) is 0.349. The van der Waals surface area contributed by atoms with Crippen LogP contribution in [0, 0.1) is 0 Å². The van der Waals surface area contributed by atoms with Crippen molar-refractivity contribution in [3.63, 3.8) is 0 Å². The highest BCUT2D eigenvalue weighted by Crippen LogP contribution is 2.41. The predicted octanol–water partition coefficient (Wildman–Crippen LogP) is 5.72. The molecule has 0 atom stereocenters. The van der Waals surface area contributed by atoms with Crippen LogP contribution < -0.4 is 9.47 Å². The maximum atomic E-state index is 12.6. The maximum absolute atomic E-state index is 12.6. The van der Waals surface area contributed by atoms with Gasteiger partial charge >= 0.3 is 5.97 Å². The third-order valence-electron chi connectivity index (χ3n) is 4.81. The molecule has 3 rings (SSSR count). The number of aromatic hydroxyl groups is 1. The molecule has 8 heteroatoms. The summed E-state index contributed by atoms with van der Waals surface area (Å²) in [4.78, 5) is 17.6. The van der Waals surface area contributed by atoms with Crippen LogP contribution in [0.5, 0.6) is 17.2 Å². The fourth-order valence-electron chi connectivity index (χ4n) is 3.28. The summed E-state index contributed by atoms with van der Waals surface area (Å²) in [5.41, 5.74) is 1.90. The van der Waals surface area contributed by atoms with Crippen molar-refractivity contribution in [1.82, 2.24) is 0 Å². The number of carbonyl (C=O) groups excluding carboxylic acids is 1. The van der Waals surface area contributed by atoms with Gasteiger partial charge in [0.25, 0.3) is 0 Å². The number of phenols is 1. The van der Waals surface area contributed by atoms with Crippen LogP contribution >= 0.6 is 11.8 Å². The number of phenolic OH excluding ortho intramolecular Hbond substituents is 1. The van der Waals surface area contributed by atoms with Crippen LogP contribution in [-0.2, 0) is 16.0 Å². The Kier molecular flexibility index (Phi) is 8.43.